The number of aromatic nitrogens is 1. The van der Waals surface area contributed by atoms with Gasteiger partial charge in [0.25, 0.3) is 0 Å². The molecule has 23 heavy (non-hydrogen) atoms. The van der Waals surface area contributed by atoms with Gasteiger partial charge in [-0.3, -0.25) is 0 Å². The van der Waals surface area contributed by atoms with E-state index in [1.54, 1.807) is 18.2 Å². The molecular formula is C17H11Cl4NO. The van der Waals surface area contributed by atoms with Gasteiger partial charge in [-0.25, -0.2) is 4.98 Å². The summed E-state index contributed by atoms with van der Waals surface area (Å²) in [6.07, 6.45) is 0. The third kappa shape index (κ3) is 3.51. The van der Waals surface area contributed by atoms with Crippen molar-refractivity contribution in [1.82, 2.24) is 4.98 Å². The molecule has 6 heteroatoms. The number of nitrogens with zero attached hydrogens (tertiary/aromatic N) is 1. The van der Waals surface area contributed by atoms with Crippen LogP contribution in [0.2, 0.25) is 20.1 Å². The lowest BCUT2D eigenvalue weighted by Gasteiger charge is -2.13. The molecule has 0 saturated carbocycles. The van der Waals surface area contributed by atoms with Gasteiger partial charge in [0.2, 0.25) is 0 Å². The van der Waals surface area contributed by atoms with Crippen molar-refractivity contribution in [3.8, 4) is 5.75 Å². The van der Waals surface area contributed by atoms with Crippen LogP contribution in [-0.4, -0.2) is 4.98 Å². The highest BCUT2D eigenvalue weighted by Crippen LogP contribution is 2.38. The Kier molecular flexibility index (Phi) is 4.88. The minimum absolute atomic E-state index is 0.252. The molecule has 2 aromatic carbocycles. The molecule has 0 fully saturated rings. The summed E-state index contributed by atoms with van der Waals surface area (Å²) < 4.78 is 5.89. The zero-order valence-corrected chi connectivity index (χ0v) is 15.1. The maximum Gasteiger partial charge on any atom is 0.164 e. The van der Waals surface area contributed by atoms with Crippen molar-refractivity contribution in [2.75, 3.05) is 0 Å². The molecule has 2 nitrogen and oxygen atoms in total. The molecule has 1 heterocycles. The van der Waals surface area contributed by atoms with Crippen LogP contribution in [-0.2, 0) is 6.61 Å². The molecule has 0 aliphatic heterocycles. The van der Waals surface area contributed by atoms with Crippen LogP contribution in [0.5, 0.6) is 5.75 Å². The molecule has 3 aromatic rings. The largest absolute Gasteiger partial charge is 0.485 e. The zero-order valence-electron chi connectivity index (χ0n) is 12.0. The third-order valence-corrected chi connectivity index (χ3v) is 4.54. The summed E-state index contributed by atoms with van der Waals surface area (Å²) in [7, 11) is 0. The average molecular weight is 387 g/mol. The second-order valence-electron chi connectivity index (χ2n) is 5.04. The topological polar surface area (TPSA) is 22.1 Å². The monoisotopic (exact) mass is 385 g/mol. The molecule has 118 valence electrons. The van der Waals surface area contributed by atoms with Gasteiger partial charge in [0.05, 0.1) is 10.0 Å². The van der Waals surface area contributed by atoms with Gasteiger partial charge < -0.3 is 4.74 Å². The first-order chi connectivity index (χ1) is 11.0. The van der Waals surface area contributed by atoms with E-state index >= 15 is 0 Å². The van der Waals surface area contributed by atoms with E-state index in [4.69, 9.17) is 51.1 Å². The van der Waals surface area contributed by atoms with E-state index in [-0.39, 0.29) is 6.61 Å². The van der Waals surface area contributed by atoms with Crippen molar-refractivity contribution in [3.63, 3.8) is 0 Å². The minimum Gasteiger partial charge on any atom is -0.485 e. The van der Waals surface area contributed by atoms with Gasteiger partial charge in [-0.15, -0.1) is 0 Å². The van der Waals surface area contributed by atoms with Gasteiger partial charge in [-0.2, -0.15) is 0 Å². The third-order valence-electron chi connectivity index (χ3n) is 3.36. The van der Waals surface area contributed by atoms with Crippen LogP contribution in [0, 0.1) is 6.92 Å². The Morgan fingerprint density at radius 3 is 2.43 bits per heavy atom. The van der Waals surface area contributed by atoms with Crippen molar-refractivity contribution in [3.05, 3.63) is 67.7 Å². The summed E-state index contributed by atoms with van der Waals surface area (Å²) >= 11 is 24.6. The van der Waals surface area contributed by atoms with Gasteiger partial charge in [-0.1, -0.05) is 52.5 Å². The number of hydrogen-bond acceptors (Lipinski definition) is 2. The summed E-state index contributed by atoms with van der Waals surface area (Å²) in [5, 5.41) is 2.85. The smallest absolute Gasteiger partial charge is 0.164 e. The van der Waals surface area contributed by atoms with Crippen LogP contribution in [0.15, 0.2) is 36.4 Å². The van der Waals surface area contributed by atoms with Crippen molar-refractivity contribution >= 4 is 57.3 Å². The fourth-order valence-electron chi connectivity index (χ4n) is 2.22. The fraction of sp³-hybridized carbons (Fsp3) is 0.118. The maximum absolute atomic E-state index is 6.29. The van der Waals surface area contributed by atoms with Gasteiger partial charge in [0.15, 0.2) is 5.75 Å². The van der Waals surface area contributed by atoms with Gasteiger partial charge in [0.1, 0.15) is 12.1 Å². The standard InChI is InChI=1S/C17H11Cl4NO/c1-9-2-5-12-14(20)7-15(21)17(16(12)22-9)23-8-10-3-4-11(18)6-13(10)19/h2-7H,8H2,1H3. The molecule has 0 N–H and O–H groups in total. The maximum atomic E-state index is 6.29. The van der Waals surface area contributed by atoms with Gasteiger partial charge in [-0.05, 0) is 37.3 Å². The molecule has 0 unspecified atom stereocenters. The van der Waals surface area contributed by atoms with Crippen molar-refractivity contribution in [1.29, 1.82) is 0 Å². The number of fused-ring (bicyclic) bond motifs is 1. The summed E-state index contributed by atoms with van der Waals surface area (Å²) in [5.74, 6) is 0.487. The molecular weight excluding hydrogens is 376 g/mol. The number of rotatable bonds is 3. The lowest BCUT2D eigenvalue weighted by molar-refractivity contribution is 0.309. The average Bonchev–Trinajstić information content (AvgIpc) is 2.48. The first-order valence-electron chi connectivity index (χ1n) is 6.78. The number of aryl methyl sites for hydroxylation is 1. The Bertz CT molecular complexity index is 895. The van der Waals surface area contributed by atoms with Gasteiger partial charge in [0, 0.05) is 26.7 Å². The minimum atomic E-state index is 0.252. The Morgan fingerprint density at radius 2 is 1.70 bits per heavy atom. The Hall–Kier alpha value is -1.19. The van der Waals surface area contributed by atoms with E-state index in [9.17, 15) is 0 Å². The van der Waals surface area contributed by atoms with Crippen molar-refractivity contribution in [2.24, 2.45) is 0 Å². The van der Waals surface area contributed by atoms with Crippen LogP contribution in [0.4, 0.5) is 0 Å². The number of ether oxygens (including phenoxy) is 1. The van der Waals surface area contributed by atoms with E-state index in [1.165, 1.54) is 0 Å². The molecule has 0 aliphatic rings. The number of hydrogen-bond donors (Lipinski definition) is 0. The predicted octanol–water partition coefficient (Wildman–Crippen LogP) is 6.74. The molecule has 0 aliphatic carbocycles. The van der Waals surface area contributed by atoms with Crippen LogP contribution in [0.1, 0.15) is 11.3 Å². The summed E-state index contributed by atoms with van der Waals surface area (Å²) in [6, 6.07) is 10.7. The normalized spacial score (nSPS) is 11.0. The number of pyridine rings is 1. The molecule has 1 aromatic heterocycles. The molecule has 0 spiro atoms. The highest BCUT2D eigenvalue weighted by molar-refractivity contribution is 6.39. The predicted molar refractivity (Wildman–Crippen MR) is 97.3 cm³/mol. The highest BCUT2D eigenvalue weighted by Gasteiger charge is 2.14. The fourth-order valence-corrected chi connectivity index (χ4v) is 3.25. The van der Waals surface area contributed by atoms with E-state index in [2.05, 4.69) is 4.98 Å². The second kappa shape index (κ2) is 6.74. The SMILES string of the molecule is Cc1ccc2c(Cl)cc(Cl)c(OCc3ccc(Cl)cc3Cl)c2n1. The van der Waals surface area contributed by atoms with Crippen LogP contribution in [0.25, 0.3) is 10.9 Å². The number of benzene rings is 2. The van der Waals surface area contributed by atoms with Crippen molar-refractivity contribution in [2.45, 2.75) is 13.5 Å². The van der Waals surface area contributed by atoms with E-state index in [1.807, 2.05) is 25.1 Å². The lowest BCUT2D eigenvalue weighted by Crippen LogP contribution is -1.99. The first kappa shape index (κ1) is 16.7. The van der Waals surface area contributed by atoms with Crippen molar-refractivity contribution < 1.29 is 4.74 Å². The summed E-state index contributed by atoms with van der Waals surface area (Å²) in [5.41, 5.74) is 2.29. The van der Waals surface area contributed by atoms with Crippen LogP contribution in [0.3, 0.4) is 0 Å². The second-order valence-corrected chi connectivity index (χ2v) is 6.70. The first-order valence-corrected chi connectivity index (χ1v) is 8.29. The lowest BCUT2D eigenvalue weighted by atomic mass is 10.2. The molecule has 0 amide bonds. The molecule has 0 bridgehead atoms. The zero-order chi connectivity index (χ0) is 16.6. The van der Waals surface area contributed by atoms with E-state index in [0.717, 1.165) is 16.6 Å². The molecule has 0 atom stereocenters. The summed E-state index contributed by atoms with van der Waals surface area (Å²) in [4.78, 5) is 4.50. The molecule has 3 rings (SSSR count). The molecule has 0 radical (unpaired) electrons. The Morgan fingerprint density at radius 1 is 0.913 bits per heavy atom. The highest BCUT2D eigenvalue weighted by atomic mass is 35.5. The van der Waals surface area contributed by atoms with E-state index in [0.29, 0.717) is 31.4 Å². The number of halogens is 4. The van der Waals surface area contributed by atoms with Gasteiger partial charge >= 0.3 is 0 Å². The van der Waals surface area contributed by atoms with Crippen LogP contribution < -0.4 is 4.74 Å². The Labute approximate surface area is 153 Å². The van der Waals surface area contributed by atoms with Crippen LogP contribution >= 0.6 is 46.4 Å². The Balaban J connectivity index is 2.01. The summed E-state index contributed by atoms with van der Waals surface area (Å²) in [6.45, 7) is 2.15. The van der Waals surface area contributed by atoms with E-state index < -0.39 is 0 Å². The quantitative estimate of drug-likeness (QED) is 0.497. The molecule has 0 saturated heterocycles.